The second kappa shape index (κ2) is 5.34. The van der Waals surface area contributed by atoms with Crippen molar-refractivity contribution in [2.75, 3.05) is 0 Å². The second-order valence-corrected chi connectivity index (χ2v) is 4.77. The van der Waals surface area contributed by atoms with Crippen LogP contribution in [0.5, 0.6) is 0 Å². The van der Waals surface area contributed by atoms with E-state index >= 15 is 0 Å². The first kappa shape index (κ1) is 13.5. The van der Waals surface area contributed by atoms with Gasteiger partial charge in [0.25, 0.3) is 5.91 Å². The van der Waals surface area contributed by atoms with Crippen LogP contribution in [-0.2, 0) is 4.79 Å². The van der Waals surface area contributed by atoms with Crippen molar-refractivity contribution in [2.24, 2.45) is 11.7 Å². The molecule has 1 atom stereocenters. The van der Waals surface area contributed by atoms with Crippen LogP contribution in [0, 0.1) is 17.6 Å². The van der Waals surface area contributed by atoms with E-state index in [0.29, 0.717) is 18.4 Å². The van der Waals surface area contributed by atoms with Gasteiger partial charge in [-0.2, -0.15) is 0 Å². The van der Waals surface area contributed by atoms with Gasteiger partial charge in [-0.1, -0.05) is 12.8 Å². The lowest BCUT2D eigenvalue weighted by molar-refractivity contribution is -0.120. The molecule has 1 aromatic rings. The van der Waals surface area contributed by atoms with Crippen LogP contribution < -0.4 is 11.1 Å². The number of rotatable bonds is 5. The minimum Gasteiger partial charge on any atom is -0.368 e. The van der Waals surface area contributed by atoms with Crippen LogP contribution in [0.4, 0.5) is 8.78 Å². The molecule has 2 rings (SSSR count). The minimum atomic E-state index is -0.844. The van der Waals surface area contributed by atoms with E-state index in [9.17, 15) is 18.4 Å². The third-order valence-electron chi connectivity index (χ3n) is 3.04. The molecule has 0 bridgehead atoms. The van der Waals surface area contributed by atoms with Crippen molar-refractivity contribution in [2.45, 2.75) is 25.3 Å². The van der Waals surface area contributed by atoms with Gasteiger partial charge in [0.1, 0.15) is 17.7 Å². The lowest BCUT2D eigenvalue weighted by atomic mass is 10.1. The molecule has 6 heteroatoms. The second-order valence-electron chi connectivity index (χ2n) is 4.77. The fourth-order valence-corrected chi connectivity index (χ4v) is 1.86. The molecular weight excluding hydrogens is 254 g/mol. The zero-order chi connectivity index (χ0) is 14.0. The maximum absolute atomic E-state index is 13.0. The minimum absolute atomic E-state index is 0.167. The lowest BCUT2D eigenvalue weighted by Crippen LogP contribution is -2.44. The number of benzene rings is 1. The van der Waals surface area contributed by atoms with Crippen molar-refractivity contribution >= 4 is 11.8 Å². The molecule has 1 aliphatic rings. The molecule has 19 heavy (non-hydrogen) atoms. The number of nitrogens with one attached hydrogen (secondary N) is 1. The fourth-order valence-electron chi connectivity index (χ4n) is 1.86. The molecule has 4 nitrogen and oxygen atoms in total. The first-order valence-electron chi connectivity index (χ1n) is 6.02. The van der Waals surface area contributed by atoms with E-state index in [1.54, 1.807) is 0 Å². The van der Waals surface area contributed by atoms with Crippen LogP contribution in [0.15, 0.2) is 18.2 Å². The summed E-state index contributed by atoms with van der Waals surface area (Å²) in [7, 11) is 0. The number of primary amides is 1. The van der Waals surface area contributed by atoms with Gasteiger partial charge in [0.15, 0.2) is 0 Å². The summed E-state index contributed by atoms with van der Waals surface area (Å²) in [5.41, 5.74) is 5.03. The average molecular weight is 268 g/mol. The molecule has 102 valence electrons. The summed E-state index contributed by atoms with van der Waals surface area (Å²) < 4.78 is 26.0. The molecule has 0 saturated heterocycles. The maximum atomic E-state index is 13.0. The van der Waals surface area contributed by atoms with Crippen molar-refractivity contribution in [3.63, 3.8) is 0 Å². The number of hydrogen-bond donors (Lipinski definition) is 2. The smallest absolute Gasteiger partial charge is 0.252 e. The molecule has 2 amide bonds. The van der Waals surface area contributed by atoms with Gasteiger partial charge >= 0.3 is 0 Å². The van der Waals surface area contributed by atoms with Crippen LogP contribution in [0.25, 0.3) is 0 Å². The number of hydrogen-bond acceptors (Lipinski definition) is 2. The van der Waals surface area contributed by atoms with Crippen molar-refractivity contribution in [3.8, 4) is 0 Å². The van der Waals surface area contributed by atoms with E-state index in [4.69, 9.17) is 5.73 Å². The SMILES string of the molecule is NC(=O)[C@H](CC1CC1)NC(=O)c1cc(F)cc(F)c1. The van der Waals surface area contributed by atoms with E-state index in [0.717, 1.165) is 25.0 Å². The highest BCUT2D eigenvalue weighted by atomic mass is 19.1. The summed E-state index contributed by atoms with van der Waals surface area (Å²) in [4.78, 5) is 23.0. The average Bonchev–Trinajstić information content (AvgIpc) is 3.10. The van der Waals surface area contributed by atoms with Gasteiger partial charge in [0, 0.05) is 11.6 Å². The Bertz CT molecular complexity index is 495. The number of carbonyl (C=O) groups excluding carboxylic acids is 2. The summed E-state index contributed by atoms with van der Waals surface area (Å²) >= 11 is 0. The summed E-state index contributed by atoms with van der Waals surface area (Å²) in [5, 5.41) is 2.41. The number of amides is 2. The summed E-state index contributed by atoms with van der Waals surface area (Å²) in [6, 6.07) is 1.69. The highest BCUT2D eigenvalue weighted by molar-refractivity contribution is 5.97. The van der Waals surface area contributed by atoms with Crippen molar-refractivity contribution in [3.05, 3.63) is 35.4 Å². The van der Waals surface area contributed by atoms with Crippen LogP contribution in [0.2, 0.25) is 0 Å². The van der Waals surface area contributed by atoms with Crippen molar-refractivity contribution < 1.29 is 18.4 Å². The van der Waals surface area contributed by atoms with Gasteiger partial charge in [-0.3, -0.25) is 9.59 Å². The van der Waals surface area contributed by atoms with E-state index in [-0.39, 0.29) is 5.56 Å². The van der Waals surface area contributed by atoms with Crippen LogP contribution >= 0.6 is 0 Å². The highest BCUT2D eigenvalue weighted by Gasteiger charge is 2.29. The first-order valence-corrected chi connectivity index (χ1v) is 6.02. The first-order chi connectivity index (χ1) is 8.95. The van der Waals surface area contributed by atoms with Gasteiger partial charge in [0.2, 0.25) is 5.91 Å². The highest BCUT2D eigenvalue weighted by Crippen LogP contribution is 2.33. The lowest BCUT2D eigenvalue weighted by Gasteiger charge is -2.15. The van der Waals surface area contributed by atoms with Gasteiger partial charge in [-0.25, -0.2) is 8.78 Å². The number of carbonyl (C=O) groups is 2. The molecule has 0 radical (unpaired) electrons. The van der Waals surface area contributed by atoms with Gasteiger partial charge in [-0.05, 0) is 24.5 Å². The van der Waals surface area contributed by atoms with E-state index < -0.39 is 29.5 Å². The predicted octanol–water partition coefficient (Wildman–Crippen LogP) is 1.35. The molecule has 0 spiro atoms. The molecule has 1 aromatic carbocycles. The normalized spacial score (nSPS) is 15.9. The Morgan fingerprint density at radius 2 is 1.84 bits per heavy atom. The summed E-state index contributed by atoms with van der Waals surface area (Å²) in [6.07, 6.45) is 2.49. The summed E-state index contributed by atoms with van der Waals surface area (Å²) in [6.45, 7) is 0. The molecule has 3 N–H and O–H groups in total. The van der Waals surface area contributed by atoms with Crippen molar-refractivity contribution in [1.82, 2.24) is 5.32 Å². The molecule has 0 aliphatic heterocycles. The Morgan fingerprint density at radius 1 is 1.26 bits per heavy atom. The Labute approximate surface area is 109 Å². The standard InChI is InChI=1S/C13H14F2N2O2/c14-9-4-8(5-10(15)6-9)13(19)17-11(12(16)18)3-7-1-2-7/h4-7,11H,1-3H2,(H2,16,18)(H,17,19)/t11-/m0/s1. The van der Waals surface area contributed by atoms with Crippen LogP contribution in [0.3, 0.4) is 0 Å². The number of nitrogens with two attached hydrogens (primary N) is 1. The van der Waals surface area contributed by atoms with Crippen LogP contribution in [-0.4, -0.2) is 17.9 Å². The Kier molecular flexibility index (Phi) is 3.78. The Hall–Kier alpha value is -1.98. The molecule has 0 heterocycles. The van der Waals surface area contributed by atoms with E-state index in [1.165, 1.54) is 0 Å². The number of halogens is 2. The van der Waals surface area contributed by atoms with Crippen molar-refractivity contribution in [1.29, 1.82) is 0 Å². The van der Waals surface area contributed by atoms with Gasteiger partial charge in [0.05, 0.1) is 0 Å². The molecule has 1 saturated carbocycles. The Morgan fingerprint density at radius 3 is 2.32 bits per heavy atom. The zero-order valence-corrected chi connectivity index (χ0v) is 10.2. The maximum Gasteiger partial charge on any atom is 0.252 e. The fraction of sp³-hybridized carbons (Fsp3) is 0.385. The zero-order valence-electron chi connectivity index (χ0n) is 10.2. The van der Waals surface area contributed by atoms with E-state index in [2.05, 4.69) is 5.32 Å². The van der Waals surface area contributed by atoms with E-state index in [1.807, 2.05) is 0 Å². The third-order valence-corrected chi connectivity index (χ3v) is 3.04. The monoisotopic (exact) mass is 268 g/mol. The third kappa shape index (κ3) is 3.74. The molecular formula is C13H14F2N2O2. The molecule has 1 aliphatic carbocycles. The van der Waals surface area contributed by atoms with Gasteiger partial charge < -0.3 is 11.1 Å². The Balaban J connectivity index is 2.07. The van der Waals surface area contributed by atoms with Crippen LogP contribution in [0.1, 0.15) is 29.6 Å². The molecule has 0 unspecified atom stereocenters. The molecule has 0 aromatic heterocycles. The quantitative estimate of drug-likeness (QED) is 0.846. The van der Waals surface area contributed by atoms with Gasteiger partial charge in [-0.15, -0.1) is 0 Å². The predicted molar refractivity (Wildman–Crippen MR) is 64.1 cm³/mol. The largest absolute Gasteiger partial charge is 0.368 e. The topological polar surface area (TPSA) is 72.2 Å². The summed E-state index contributed by atoms with van der Waals surface area (Å²) in [5.74, 6) is -2.65. The molecule has 1 fully saturated rings.